The molecule has 17 heteroatoms. The number of ether oxygens (including phenoxy) is 6. The monoisotopic (exact) mass is 808 g/mol. The molecule has 5 atom stereocenters. The highest BCUT2D eigenvalue weighted by atomic mass is 16.7. The molecule has 1 aromatic rings. The number of carboxylic acid groups (broad SMARTS) is 1. The minimum atomic E-state index is -1.13. The van der Waals surface area contributed by atoms with Crippen LogP contribution in [0.25, 0.3) is 0 Å². The minimum absolute atomic E-state index is 0.000145. The smallest absolute Gasteiger partial charge is 0.480 e. The van der Waals surface area contributed by atoms with E-state index in [1.54, 1.807) is 65.2 Å². The van der Waals surface area contributed by atoms with Gasteiger partial charge >= 0.3 is 36.1 Å². The zero-order valence-electron chi connectivity index (χ0n) is 34.9. The lowest BCUT2D eigenvalue weighted by Gasteiger charge is -2.38. The van der Waals surface area contributed by atoms with Crippen LogP contribution in [0.2, 0.25) is 0 Å². The Labute approximate surface area is 336 Å². The van der Waals surface area contributed by atoms with Crippen molar-refractivity contribution in [1.29, 1.82) is 0 Å². The SMILES string of the molecule is CCOC(=O)OC1CCC(CN(CCN(C(C)C(=O)OCC)C(CCCCNC(=O)OC(C)(C)C)C(=O)OCc2ccccc2)C(C)C(=O)OCC)N1CC(=O)O. The van der Waals surface area contributed by atoms with Crippen molar-refractivity contribution in [2.24, 2.45) is 0 Å². The molecule has 1 aliphatic rings. The van der Waals surface area contributed by atoms with Crippen LogP contribution in [0.3, 0.4) is 0 Å². The summed E-state index contributed by atoms with van der Waals surface area (Å²) < 4.78 is 32.3. The van der Waals surface area contributed by atoms with Crippen molar-refractivity contribution in [1.82, 2.24) is 20.0 Å². The van der Waals surface area contributed by atoms with Crippen LogP contribution in [0.5, 0.6) is 0 Å². The van der Waals surface area contributed by atoms with Gasteiger partial charge in [0.15, 0.2) is 6.23 Å². The second kappa shape index (κ2) is 25.0. The summed E-state index contributed by atoms with van der Waals surface area (Å²) in [4.78, 5) is 82.0. The normalized spacial score (nSPS) is 17.3. The maximum Gasteiger partial charge on any atom is 0.509 e. The van der Waals surface area contributed by atoms with E-state index >= 15 is 0 Å². The third-order valence-corrected chi connectivity index (χ3v) is 9.26. The highest BCUT2D eigenvalue weighted by molar-refractivity contribution is 5.79. The summed E-state index contributed by atoms with van der Waals surface area (Å²) in [6, 6.07) is 6.05. The molecule has 57 heavy (non-hydrogen) atoms. The third-order valence-electron chi connectivity index (χ3n) is 9.26. The van der Waals surface area contributed by atoms with Crippen LogP contribution in [0, 0.1) is 0 Å². The lowest BCUT2D eigenvalue weighted by Crippen LogP contribution is -2.55. The van der Waals surface area contributed by atoms with Crippen LogP contribution in [-0.2, 0) is 54.2 Å². The Bertz CT molecular complexity index is 1420. The molecule has 1 heterocycles. The van der Waals surface area contributed by atoms with Gasteiger partial charge in [-0.3, -0.25) is 33.9 Å². The van der Waals surface area contributed by atoms with E-state index in [1.807, 2.05) is 35.2 Å². The maximum absolute atomic E-state index is 14.0. The number of rotatable bonds is 24. The van der Waals surface area contributed by atoms with E-state index < -0.39 is 78.7 Å². The summed E-state index contributed by atoms with van der Waals surface area (Å²) in [5.74, 6) is -2.77. The molecular weight excluding hydrogens is 744 g/mol. The van der Waals surface area contributed by atoms with E-state index in [2.05, 4.69) is 5.32 Å². The Kier molecular flexibility index (Phi) is 21.3. The number of alkyl carbamates (subject to hydrolysis) is 1. The van der Waals surface area contributed by atoms with Crippen LogP contribution < -0.4 is 5.32 Å². The molecule has 1 amide bonds. The molecule has 1 aromatic carbocycles. The average molecular weight is 809 g/mol. The molecule has 0 aliphatic carbocycles. The highest BCUT2D eigenvalue weighted by Crippen LogP contribution is 2.27. The zero-order chi connectivity index (χ0) is 42.5. The predicted molar refractivity (Wildman–Crippen MR) is 208 cm³/mol. The van der Waals surface area contributed by atoms with Crippen LogP contribution in [0.15, 0.2) is 30.3 Å². The molecule has 0 spiro atoms. The number of hydrogen-bond acceptors (Lipinski definition) is 15. The second-order valence-electron chi connectivity index (χ2n) is 14.7. The van der Waals surface area contributed by atoms with Crippen molar-refractivity contribution in [3.8, 4) is 0 Å². The molecule has 0 radical (unpaired) electrons. The lowest BCUT2D eigenvalue weighted by atomic mass is 10.0. The largest absolute Gasteiger partial charge is 0.509 e. The maximum atomic E-state index is 14.0. The van der Waals surface area contributed by atoms with Crippen LogP contribution >= 0.6 is 0 Å². The lowest BCUT2D eigenvalue weighted by molar-refractivity contribution is -0.159. The quantitative estimate of drug-likeness (QED) is 0.0848. The Morgan fingerprint density at radius 1 is 0.842 bits per heavy atom. The fourth-order valence-electron chi connectivity index (χ4n) is 6.47. The van der Waals surface area contributed by atoms with Gasteiger partial charge in [-0.2, -0.15) is 0 Å². The fraction of sp³-hybridized carbons (Fsp3) is 0.700. The number of nitrogens with one attached hydrogen (secondary N) is 1. The Hall–Kier alpha value is -4.48. The molecule has 1 aliphatic heterocycles. The number of carboxylic acids is 1. The number of aliphatic carboxylic acids is 1. The number of hydrogen-bond donors (Lipinski definition) is 2. The number of unbranched alkanes of at least 4 members (excludes halogenated alkanes) is 1. The predicted octanol–water partition coefficient (Wildman–Crippen LogP) is 4.35. The van der Waals surface area contributed by atoms with Gasteiger partial charge in [-0.15, -0.1) is 0 Å². The third kappa shape index (κ3) is 17.7. The van der Waals surface area contributed by atoms with Gasteiger partial charge in [0.2, 0.25) is 0 Å². The molecular formula is C40H64N4O13. The summed E-state index contributed by atoms with van der Waals surface area (Å²) >= 11 is 0. The Balaban J connectivity index is 2.44. The second-order valence-corrected chi connectivity index (χ2v) is 14.7. The van der Waals surface area contributed by atoms with Crippen molar-refractivity contribution in [3.63, 3.8) is 0 Å². The van der Waals surface area contributed by atoms with E-state index in [-0.39, 0.29) is 59.0 Å². The van der Waals surface area contributed by atoms with Gasteiger partial charge in [0.1, 0.15) is 30.3 Å². The first-order chi connectivity index (χ1) is 27.0. The van der Waals surface area contributed by atoms with E-state index in [0.29, 0.717) is 25.7 Å². The number of likely N-dealkylation sites (tertiary alicyclic amines) is 1. The van der Waals surface area contributed by atoms with E-state index in [1.165, 1.54) is 0 Å². The van der Waals surface area contributed by atoms with Crippen molar-refractivity contribution < 1.29 is 62.3 Å². The summed E-state index contributed by atoms with van der Waals surface area (Å²) in [5, 5.41) is 12.5. The standard InChI is InChI=1S/C40H64N4O13/c1-9-52-35(47)28(4)42(25-31-20-21-33(44(31)26-34(45)46)56-39(51)54-11-3)23-24-43(29(5)36(48)53-10-2)32(37(49)55-27-30-17-13-12-14-18-30)19-15-16-22-41-38(50)57-40(6,7)8/h12-14,17-18,28-29,31-33H,9-11,15-16,19-27H2,1-8H3,(H,41,50)(H,45,46). The molecule has 0 saturated carbocycles. The number of amides is 1. The van der Waals surface area contributed by atoms with Crippen molar-refractivity contribution >= 4 is 36.1 Å². The van der Waals surface area contributed by atoms with Gasteiger partial charge in [-0.05, 0) is 86.6 Å². The molecule has 5 unspecified atom stereocenters. The molecule has 1 saturated heterocycles. The van der Waals surface area contributed by atoms with Gasteiger partial charge in [0, 0.05) is 38.6 Å². The zero-order valence-corrected chi connectivity index (χ0v) is 34.9. The topological polar surface area (TPSA) is 200 Å². The van der Waals surface area contributed by atoms with E-state index in [0.717, 1.165) is 5.56 Å². The van der Waals surface area contributed by atoms with Gasteiger partial charge in [-0.25, -0.2) is 9.59 Å². The molecule has 2 rings (SSSR count). The van der Waals surface area contributed by atoms with Crippen molar-refractivity contribution in [3.05, 3.63) is 35.9 Å². The first kappa shape index (κ1) is 48.7. The van der Waals surface area contributed by atoms with Gasteiger partial charge in [-0.1, -0.05) is 30.3 Å². The average Bonchev–Trinajstić information content (AvgIpc) is 3.50. The first-order valence-electron chi connectivity index (χ1n) is 19.8. The highest BCUT2D eigenvalue weighted by Gasteiger charge is 2.41. The number of benzene rings is 1. The summed E-state index contributed by atoms with van der Waals surface area (Å²) in [7, 11) is 0. The molecule has 2 N–H and O–H groups in total. The van der Waals surface area contributed by atoms with Gasteiger partial charge in [0.05, 0.1) is 26.4 Å². The van der Waals surface area contributed by atoms with Gasteiger partial charge < -0.3 is 38.8 Å². The molecule has 0 aromatic heterocycles. The Morgan fingerprint density at radius 3 is 2.07 bits per heavy atom. The summed E-state index contributed by atoms with van der Waals surface area (Å²) in [6.45, 7) is 14.2. The van der Waals surface area contributed by atoms with Crippen molar-refractivity contribution in [2.45, 2.75) is 130 Å². The molecule has 322 valence electrons. The van der Waals surface area contributed by atoms with Gasteiger partial charge in [0.25, 0.3) is 0 Å². The van der Waals surface area contributed by atoms with Crippen molar-refractivity contribution in [2.75, 3.05) is 52.5 Å². The first-order valence-corrected chi connectivity index (χ1v) is 19.8. The number of esters is 3. The number of carbonyl (C=O) groups is 6. The number of nitrogens with zero attached hydrogens (tertiary/aromatic N) is 3. The summed E-state index contributed by atoms with van der Waals surface area (Å²) in [6.07, 6.45) is -0.347. The van der Waals surface area contributed by atoms with Crippen LogP contribution in [0.1, 0.15) is 93.1 Å². The van der Waals surface area contributed by atoms with Crippen LogP contribution in [0.4, 0.5) is 9.59 Å². The minimum Gasteiger partial charge on any atom is -0.480 e. The molecule has 1 fully saturated rings. The van der Waals surface area contributed by atoms with Crippen LogP contribution in [-0.4, -0.2) is 144 Å². The van der Waals surface area contributed by atoms with E-state index in [9.17, 15) is 33.9 Å². The van der Waals surface area contributed by atoms with E-state index in [4.69, 9.17) is 28.4 Å². The number of carbonyl (C=O) groups excluding carboxylic acids is 5. The fourth-order valence-corrected chi connectivity index (χ4v) is 6.47. The molecule has 17 nitrogen and oxygen atoms in total. The Morgan fingerprint density at radius 2 is 1.47 bits per heavy atom. The molecule has 0 bridgehead atoms. The summed E-state index contributed by atoms with van der Waals surface area (Å²) in [5.41, 5.74) is 0.114.